The number of thioether (sulfide) groups is 1. The molecule has 5 heteroatoms. The molecule has 0 saturated heterocycles. The molecule has 0 amide bonds. The van der Waals surface area contributed by atoms with Crippen molar-refractivity contribution in [2.24, 2.45) is 0 Å². The number of hydrogen-bond acceptors (Lipinski definition) is 3. The zero-order valence-corrected chi connectivity index (χ0v) is 11.1. The minimum atomic E-state index is -0.380. The molecule has 2 rings (SSSR count). The maximum atomic E-state index is 13.9. The lowest BCUT2D eigenvalue weighted by atomic mass is 10.2. The first-order valence-electron chi connectivity index (χ1n) is 5.61. The van der Waals surface area contributed by atoms with Gasteiger partial charge >= 0.3 is 0 Å². The summed E-state index contributed by atoms with van der Waals surface area (Å²) in [7, 11) is 1.42. The highest BCUT2D eigenvalue weighted by Crippen LogP contribution is 2.31. The molecule has 0 unspecified atom stereocenters. The summed E-state index contributed by atoms with van der Waals surface area (Å²) in [6.45, 7) is 0. The lowest BCUT2D eigenvalue weighted by Crippen LogP contribution is -1.94. The Morgan fingerprint density at radius 1 is 1.21 bits per heavy atom. The molecular weight excluding hydrogens is 268 g/mol. The molecule has 0 aliphatic rings. The molecule has 0 radical (unpaired) electrons. The standard InChI is InChI=1S/C14H13F2NOS/c1-18-12-4-2-3-9(14(12)16)8-19-13-6-5-10(15)7-11(13)17/h2-7H,8,17H2,1H3. The van der Waals surface area contributed by atoms with Gasteiger partial charge in [-0.1, -0.05) is 12.1 Å². The van der Waals surface area contributed by atoms with Crippen LogP contribution in [0.3, 0.4) is 0 Å². The van der Waals surface area contributed by atoms with Crippen molar-refractivity contribution >= 4 is 17.4 Å². The molecule has 0 spiro atoms. The molecule has 2 nitrogen and oxygen atoms in total. The Morgan fingerprint density at radius 2 is 2.00 bits per heavy atom. The molecule has 0 atom stereocenters. The second-order valence-electron chi connectivity index (χ2n) is 3.90. The predicted molar refractivity (Wildman–Crippen MR) is 73.3 cm³/mol. The minimum absolute atomic E-state index is 0.213. The average molecular weight is 281 g/mol. The maximum absolute atomic E-state index is 13.9. The van der Waals surface area contributed by atoms with E-state index in [2.05, 4.69) is 0 Å². The van der Waals surface area contributed by atoms with Gasteiger partial charge in [0.25, 0.3) is 0 Å². The maximum Gasteiger partial charge on any atom is 0.169 e. The van der Waals surface area contributed by atoms with Crippen molar-refractivity contribution in [2.75, 3.05) is 12.8 Å². The zero-order valence-electron chi connectivity index (χ0n) is 10.3. The number of benzene rings is 2. The fraction of sp³-hybridized carbons (Fsp3) is 0.143. The van der Waals surface area contributed by atoms with Crippen LogP contribution in [-0.4, -0.2) is 7.11 Å². The van der Waals surface area contributed by atoms with Crippen molar-refractivity contribution in [1.82, 2.24) is 0 Å². The van der Waals surface area contributed by atoms with Gasteiger partial charge in [-0.3, -0.25) is 0 Å². The first kappa shape index (κ1) is 13.7. The summed E-state index contributed by atoms with van der Waals surface area (Å²) in [5.74, 6) is -0.142. The van der Waals surface area contributed by atoms with Gasteiger partial charge in [0, 0.05) is 21.9 Å². The van der Waals surface area contributed by atoms with E-state index in [1.807, 2.05) is 0 Å². The summed E-state index contributed by atoms with van der Waals surface area (Å²) in [6.07, 6.45) is 0. The predicted octanol–water partition coefficient (Wildman–Crippen LogP) is 3.85. The molecule has 2 aromatic rings. The third-order valence-electron chi connectivity index (χ3n) is 2.62. The highest BCUT2D eigenvalue weighted by atomic mass is 32.2. The van der Waals surface area contributed by atoms with E-state index in [-0.39, 0.29) is 17.4 Å². The third-order valence-corrected chi connectivity index (χ3v) is 3.76. The summed E-state index contributed by atoms with van der Waals surface area (Å²) in [6, 6.07) is 9.16. The van der Waals surface area contributed by atoms with Crippen LogP contribution in [0.2, 0.25) is 0 Å². The van der Waals surface area contributed by atoms with E-state index >= 15 is 0 Å². The van der Waals surface area contributed by atoms with Gasteiger partial charge in [-0.05, 0) is 24.3 Å². The van der Waals surface area contributed by atoms with Crippen molar-refractivity contribution in [3.05, 3.63) is 53.6 Å². The summed E-state index contributed by atoms with van der Waals surface area (Å²) in [4.78, 5) is 0.726. The molecule has 0 aromatic heterocycles. The van der Waals surface area contributed by atoms with Crippen molar-refractivity contribution in [2.45, 2.75) is 10.6 Å². The highest BCUT2D eigenvalue weighted by molar-refractivity contribution is 7.98. The summed E-state index contributed by atoms with van der Waals surface area (Å²) in [5, 5.41) is 0. The van der Waals surface area contributed by atoms with Crippen molar-refractivity contribution in [1.29, 1.82) is 0 Å². The van der Waals surface area contributed by atoms with E-state index in [1.165, 1.54) is 31.0 Å². The van der Waals surface area contributed by atoms with Crippen LogP contribution < -0.4 is 10.5 Å². The molecular formula is C14H13F2NOS. The van der Waals surface area contributed by atoms with Crippen LogP contribution in [0, 0.1) is 11.6 Å². The second kappa shape index (κ2) is 5.93. The molecule has 2 N–H and O–H groups in total. The van der Waals surface area contributed by atoms with Crippen molar-refractivity contribution in [3.63, 3.8) is 0 Å². The van der Waals surface area contributed by atoms with Crippen LogP contribution in [0.5, 0.6) is 5.75 Å². The van der Waals surface area contributed by atoms with Gasteiger partial charge < -0.3 is 10.5 Å². The van der Waals surface area contributed by atoms with E-state index in [0.717, 1.165) is 4.90 Å². The molecule has 2 aromatic carbocycles. The van der Waals surface area contributed by atoms with Gasteiger partial charge in [0.1, 0.15) is 5.82 Å². The summed E-state index contributed by atoms with van der Waals surface area (Å²) < 4.78 is 31.7. The summed E-state index contributed by atoms with van der Waals surface area (Å²) >= 11 is 1.35. The Bertz CT molecular complexity index is 590. The Labute approximate surface area is 114 Å². The average Bonchev–Trinajstić information content (AvgIpc) is 2.39. The SMILES string of the molecule is COc1cccc(CSc2ccc(F)cc2N)c1F. The molecule has 0 aliphatic carbocycles. The smallest absolute Gasteiger partial charge is 0.169 e. The first-order valence-corrected chi connectivity index (χ1v) is 6.59. The van der Waals surface area contributed by atoms with E-state index in [4.69, 9.17) is 10.5 Å². The van der Waals surface area contributed by atoms with E-state index in [1.54, 1.807) is 24.3 Å². The van der Waals surface area contributed by atoms with Crippen LogP contribution in [0.1, 0.15) is 5.56 Å². The quantitative estimate of drug-likeness (QED) is 0.683. The van der Waals surface area contributed by atoms with Gasteiger partial charge in [0.05, 0.1) is 7.11 Å². The topological polar surface area (TPSA) is 35.2 Å². The molecule has 0 fully saturated rings. The highest BCUT2D eigenvalue weighted by Gasteiger charge is 2.09. The Morgan fingerprint density at radius 3 is 2.68 bits per heavy atom. The minimum Gasteiger partial charge on any atom is -0.494 e. The monoisotopic (exact) mass is 281 g/mol. The number of rotatable bonds is 4. The van der Waals surface area contributed by atoms with Crippen LogP contribution in [0.25, 0.3) is 0 Å². The van der Waals surface area contributed by atoms with Crippen LogP contribution >= 0.6 is 11.8 Å². The molecule has 19 heavy (non-hydrogen) atoms. The Hall–Kier alpha value is -1.75. The molecule has 0 aliphatic heterocycles. The van der Waals surface area contributed by atoms with Crippen LogP contribution in [0.15, 0.2) is 41.3 Å². The Kier molecular flexibility index (Phi) is 4.27. The molecule has 100 valence electrons. The fourth-order valence-corrected chi connectivity index (χ4v) is 2.56. The van der Waals surface area contributed by atoms with E-state index in [9.17, 15) is 8.78 Å². The number of nitrogens with two attached hydrogens (primary N) is 1. The lowest BCUT2D eigenvalue weighted by Gasteiger charge is -2.08. The second-order valence-corrected chi connectivity index (χ2v) is 4.92. The number of halogens is 2. The van der Waals surface area contributed by atoms with Crippen LogP contribution in [0.4, 0.5) is 14.5 Å². The number of anilines is 1. The van der Waals surface area contributed by atoms with Crippen molar-refractivity contribution in [3.8, 4) is 5.75 Å². The largest absolute Gasteiger partial charge is 0.494 e. The van der Waals surface area contributed by atoms with Crippen molar-refractivity contribution < 1.29 is 13.5 Å². The van der Waals surface area contributed by atoms with Gasteiger partial charge in [-0.2, -0.15) is 0 Å². The number of hydrogen-bond donors (Lipinski definition) is 1. The van der Waals surface area contributed by atoms with Gasteiger partial charge in [0.15, 0.2) is 11.6 Å². The fourth-order valence-electron chi connectivity index (χ4n) is 1.63. The third kappa shape index (κ3) is 3.17. The molecule has 0 heterocycles. The molecule has 0 saturated carbocycles. The zero-order chi connectivity index (χ0) is 13.8. The summed E-state index contributed by atoms with van der Waals surface area (Å²) in [5.41, 5.74) is 6.58. The van der Waals surface area contributed by atoms with Gasteiger partial charge in [0.2, 0.25) is 0 Å². The van der Waals surface area contributed by atoms with Gasteiger partial charge in [-0.25, -0.2) is 8.78 Å². The first-order chi connectivity index (χ1) is 9.11. The van der Waals surface area contributed by atoms with E-state index in [0.29, 0.717) is 17.0 Å². The Balaban J connectivity index is 2.14. The molecule has 0 bridgehead atoms. The van der Waals surface area contributed by atoms with Crippen LogP contribution in [-0.2, 0) is 5.75 Å². The number of nitrogen functional groups attached to an aromatic ring is 1. The van der Waals surface area contributed by atoms with E-state index < -0.39 is 0 Å². The number of ether oxygens (including phenoxy) is 1. The number of methoxy groups -OCH3 is 1. The lowest BCUT2D eigenvalue weighted by molar-refractivity contribution is 0.385. The normalized spacial score (nSPS) is 10.5. The van der Waals surface area contributed by atoms with Gasteiger partial charge in [-0.15, -0.1) is 11.8 Å².